The maximum absolute atomic E-state index is 13.5. The summed E-state index contributed by atoms with van der Waals surface area (Å²) in [6.45, 7) is 7.81. The smallest absolute Gasteiger partial charge is 0.269 e. The molecule has 0 unspecified atom stereocenters. The Kier molecular flexibility index (Phi) is 30.3. The lowest BCUT2D eigenvalue weighted by Gasteiger charge is -2.37. The molecule has 12 aromatic rings. The molecule has 0 saturated carbocycles. The van der Waals surface area contributed by atoms with Crippen LogP contribution in [-0.2, 0) is 29.0 Å². The summed E-state index contributed by atoms with van der Waals surface area (Å²) in [7, 11) is -2.13. The van der Waals surface area contributed by atoms with E-state index in [1.807, 2.05) is 63.2 Å². The number of aromatic nitrogens is 9. The predicted octanol–water partition coefficient (Wildman–Crippen LogP) is 1.25. The van der Waals surface area contributed by atoms with Crippen LogP contribution in [0.15, 0.2) is 151 Å². The summed E-state index contributed by atoms with van der Waals surface area (Å²) >= 11 is 0. The number of benzene rings is 7. The molecular formula is C92H96FN11O24S. The molecule has 0 radical (unpaired) electrons. The number of aromatic amines is 4. The first kappa shape index (κ1) is 94.7. The van der Waals surface area contributed by atoms with Crippen molar-refractivity contribution in [2.75, 3.05) is 46.6 Å². The zero-order chi connectivity index (χ0) is 92.6. The number of nitrogens with zero attached hydrogens (tertiary/aromatic N) is 6. The van der Waals surface area contributed by atoms with Crippen molar-refractivity contribution >= 4 is 59.5 Å². The van der Waals surface area contributed by atoms with Gasteiger partial charge in [-0.3, -0.25) is 30.2 Å². The van der Waals surface area contributed by atoms with Gasteiger partial charge in [0.2, 0.25) is 10.0 Å². The number of sulfonamides is 1. The second-order valence-corrected chi connectivity index (χ2v) is 33.0. The van der Waals surface area contributed by atoms with Crippen molar-refractivity contribution in [3.05, 3.63) is 197 Å². The number of phenolic OH excluding ortho intramolecular Hbond substituents is 1. The number of H-pyrrole nitrogens is 4. The molecule has 7 aromatic carbocycles. The summed E-state index contributed by atoms with van der Waals surface area (Å²) in [5, 5.41) is 201. The summed E-state index contributed by atoms with van der Waals surface area (Å²) in [5.41, 5.74) is 14.1. The van der Waals surface area contributed by atoms with Gasteiger partial charge < -0.3 is 111 Å². The Bertz CT molecular complexity index is 6250. The number of aryl methyl sites for hydroxylation is 3. The Balaban J connectivity index is 0.000000147. The molecule has 16 rings (SSSR count). The fourth-order valence-electron chi connectivity index (χ4n) is 15.3. The Morgan fingerprint density at radius 2 is 0.767 bits per heavy atom. The van der Waals surface area contributed by atoms with Crippen LogP contribution in [0.1, 0.15) is 63.3 Å². The van der Waals surface area contributed by atoms with Gasteiger partial charge in [0.15, 0.2) is 0 Å². The van der Waals surface area contributed by atoms with Crippen LogP contribution in [0.25, 0.3) is 88.1 Å². The van der Waals surface area contributed by atoms with Gasteiger partial charge in [-0.05, 0) is 179 Å². The van der Waals surface area contributed by atoms with Crippen molar-refractivity contribution in [2.24, 2.45) is 0 Å². The lowest BCUT2D eigenvalue weighted by molar-refractivity contribution is -0.214. The second kappa shape index (κ2) is 41.3. The third-order valence-electron chi connectivity index (χ3n) is 22.6. The molecule has 4 aliphatic heterocycles. The van der Waals surface area contributed by atoms with E-state index in [1.54, 1.807) is 105 Å². The highest BCUT2D eigenvalue weighted by Gasteiger charge is 2.46. The van der Waals surface area contributed by atoms with Crippen molar-refractivity contribution in [3.8, 4) is 97.6 Å². The van der Waals surface area contributed by atoms with Crippen LogP contribution in [0, 0.1) is 74.0 Å². The topological polar surface area (TPSA) is 575 Å². The van der Waals surface area contributed by atoms with E-state index in [2.05, 4.69) is 98.5 Å². The molecule has 9 heterocycles. The van der Waals surface area contributed by atoms with Crippen molar-refractivity contribution in [2.45, 2.75) is 162 Å². The van der Waals surface area contributed by atoms with Gasteiger partial charge in [0.1, 0.15) is 139 Å². The molecule has 4 fully saturated rings. The molecular weight excluding hydrogens is 1690 g/mol. The molecule has 129 heavy (non-hydrogen) atoms. The third kappa shape index (κ3) is 20.6. The van der Waals surface area contributed by atoms with Gasteiger partial charge in [-0.2, -0.15) is 24.7 Å². The molecule has 4 aliphatic rings. The van der Waals surface area contributed by atoms with Crippen LogP contribution in [0.5, 0.6) is 5.75 Å². The fraction of sp³-hybridized carbons (Fsp3) is 0.348. The summed E-state index contributed by atoms with van der Waals surface area (Å²) in [5.74, 6) is 22.5. The van der Waals surface area contributed by atoms with Crippen molar-refractivity contribution in [1.29, 1.82) is 0 Å². The molecule has 35 nitrogen and oxygen atoms in total. The number of nitrogens with one attached hydrogen (secondary N) is 5. The zero-order valence-electron chi connectivity index (χ0n) is 70.1. The number of fused-ring (bicyclic) bond motifs is 4. The number of aliphatic hydroxyl groups excluding tert-OH is 16. The first-order chi connectivity index (χ1) is 61.8. The summed E-state index contributed by atoms with van der Waals surface area (Å²) in [6, 6.07) is 33.0. The van der Waals surface area contributed by atoms with Crippen LogP contribution in [0.3, 0.4) is 0 Å². The Morgan fingerprint density at radius 1 is 0.419 bits per heavy atom. The van der Waals surface area contributed by atoms with Crippen molar-refractivity contribution in [3.63, 3.8) is 0 Å². The average Bonchev–Trinajstić information content (AvgIpc) is 1.77. The monoisotopic (exact) mass is 1790 g/mol. The number of aromatic hydroxyl groups is 1. The maximum atomic E-state index is 13.5. The summed E-state index contributed by atoms with van der Waals surface area (Å²) < 4.78 is 63.0. The van der Waals surface area contributed by atoms with E-state index in [4.69, 9.17) is 18.9 Å². The number of carbonyl (C=O) groups is 1. The number of ether oxygens (including phenoxy) is 4. The molecule has 20 atom stereocenters. The average molecular weight is 1790 g/mol. The van der Waals surface area contributed by atoms with Gasteiger partial charge in [0.05, 0.1) is 100 Å². The normalized spacial score (nSPS) is 25.5. The molecule has 0 spiro atoms. The molecule has 0 bridgehead atoms. The molecule has 22 N–H and O–H groups in total. The number of amides is 1. The predicted molar refractivity (Wildman–Crippen MR) is 466 cm³/mol. The molecule has 4 saturated heterocycles. The number of pyridine rings is 1. The largest absolute Gasteiger partial charge is 0.508 e. The third-order valence-corrected chi connectivity index (χ3v) is 24.6. The summed E-state index contributed by atoms with van der Waals surface area (Å²) in [4.78, 5) is 16.2. The van der Waals surface area contributed by atoms with Crippen LogP contribution in [-0.4, -0.2) is 320 Å². The Labute approximate surface area is 737 Å². The lowest BCUT2D eigenvalue weighted by atomic mass is 9.94. The number of phenols is 1. The van der Waals surface area contributed by atoms with E-state index in [0.717, 1.165) is 77.2 Å². The number of halogens is 1. The minimum atomic E-state index is -3.66. The number of aliphatic hydroxyl groups is 16. The summed E-state index contributed by atoms with van der Waals surface area (Å²) in [6.07, 6.45) is -18.0. The fourth-order valence-corrected chi connectivity index (χ4v) is 16.8. The van der Waals surface area contributed by atoms with E-state index in [1.165, 1.54) is 23.5 Å². The maximum Gasteiger partial charge on any atom is 0.269 e. The van der Waals surface area contributed by atoms with Crippen LogP contribution < -0.4 is 5.32 Å². The minimum Gasteiger partial charge on any atom is -0.508 e. The first-order valence-electron chi connectivity index (χ1n) is 40.8. The van der Waals surface area contributed by atoms with Gasteiger partial charge in [-0.1, -0.05) is 79.4 Å². The Morgan fingerprint density at radius 3 is 1.12 bits per heavy atom. The molecule has 5 aromatic heterocycles. The van der Waals surface area contributed by atoms with Gasteiger partial charge in [0, 0.05) is 47.9 Å². The quantitative estimate of drug-likeness (QED) is 0.0722. The Hall–Kier alpha value is -11.9. The number of rotatable bonds is 13. The number of carbonyl (C=O) groups excluding carboxylic acids is 1. The highest BCUT2D eigenvalue weighted by atomic mass is 32.2. The van der Waals surface area contributed by atoms with Gasteiger partial charge in [-0.15, -0.1) is 0 Å². The first-order valence-corrected chi connectivity index (χ1v) is 42.3. The molecule has 0 aliphatic carbocycles. The van der Waals surface area contributed by atoms with E-state index >= 15 is 0 Å². The van der Waals surface area contributed by atoms with E-state index in [0.29, 0.717) is 63.0 Å². The van der Waals surface area contributed by atoms with Crippen molar-refractivity contribution in [1.82, 2.24) is 55.4 Å². The zero-order valence-corrected chi connectivity index (χ0v) is 70.9. The highest BCUT2D eigenvalue weighted by Crippen LogP contribution is 2.37. The van der Waals surface area contributed by atoms with E-state index in [-0.39, 0.29) is 28.1 Å². The second-order valence-electron chi connectivity index (χ2n) is 31.0. The molecule has 676 valence electrons. The minimum absolute atomic E-state index is 0.184. The van der Waals surface area contributed by atoms with Gasteiger partial charge >= 0.3 is 0 Å². The standard InChI is InChI=1S/C26H31N3O7S.C22H21FN2O5.C22H22N4O6.C22H22N2O6/c1-4-29(5-2)37(34,35)19-8-6-15(3)20(12-19)17-10-16(23-18(11-17)13-27-28-23)7-9-21-24(31)26(33)25(32)22(14-30)36-21;1-11-6-15(23)3-4-16(11)13-7-12(19-14(8-13)9-24-25-19)2-5-17-20(27)22(29)21(28)18(10-26)30-17;1-23-22(31)15-8-11(4-5-24-15)13-6-12(18-14(7-13)9-25-26-18)2-3-16-19(28)21(30)20(29)17(10-27)32-16;1-11-6-15(26)3-4-16(11)13-7-12(19-14(8-13)9-23-24-19)2-5-17-20(27)22(29)21(28)18(10-25)30-17/h6,8,10-13,21-22,24-26,30-33H,4-5,14H2,1-3H3,(H,27,28);3-4,6-9,17-18,20-22,26-29H,10H2,1H3,(H,24,25);4-9,16-17,19-21,27-30H,10H2,1H3,(H,23,31)(H,25,26);3-4,6-9,17-18,20-22,25-29H,10H2,1H3,(H,23,24)/t21-,22-,24-,25-,26-;17-,18-,20-,21-,22-;16-,17-,19-,20-,21-;17-,18-,20-,21-,22-/m1111/s1. The van der Waals surface area contributed by atoms with Gasteiger partial charge in [-0.25, -0.2) is 12.8 Å². The molecule has 37 heteroatoms. The molecule has 1 amide bonds. The van der Waals surface area contributed by atoms with Gasteiger partial charge in [0.25, 0.3) is 5.91 Å². The number of hydrogen-bond acceptors (Lipinski definition) is 29. The van der Waals surface area contributed by atoms with E-state index in [9.17, 15) is 104 Å². The van der Waals surface area contributed by atoms with E-state index < -0.39 is 159 Å². The lowest BCUT2D eigenvalue weighted by Crippen LogP contribution is -2.58. The van der Waals surface area contributed by atoms with Crippen LogP contribution in [0.4, 0.5) is 4.39 Å². The van der Waals surface area contributed by atoms with Crippen LogP contribution in [0.2, 0.25) is 0 Å². The van der Waals surface area contributed by atoms with Crippen molar-refractivity contribution < 1.29 is 123 Å². The number of hydrogen-bond donors (Lipinski definition) is 22. The SMILES string of the molecule is CCN(CC)S(=O)(=O)c1ccc(C)c(-c2cc(C#C[C@H]3O[C@H](CO)[C@@H](O)[C@H](O)[C@@H]3O)c3[nH]ncc3c2)c1.CNC(=O)c1cc(-c2cc(C#C[C@H]3O[C@H](CO)[C@@H](O)[C@H](O)[C@@H]3O)c3[nH]ncc3c2)ccn1.Cc1cc(F)ccc1-c1cc(C#C[C@H]2O[C@H](CO)[C@@H](O)[C@H](O)[C@@H]2O)c2[nH]ncc2c1.Cc1cc(O)ccc1-c1cc(C#C[C@H]2O[C@H](CO)[C@@H](O)[C@H](O)[C@@H]2O)c2[nH]ncc2c1. The highest BCUT2D eigenvalue weighted by molar-refractivity contribution is 7.89. The van der Waals surface area contributed by atoms with Crippen LogP contribution >= 0.6 is 0 Å².